The quantitative estimate of drug-likeness (QED) is 0.689. The van der Waals surface area contributed by atoms with Gasteiger partial charge < -0.3 is 9.84 Å². The van der Waals surface area contributed by atoms with Gasteiger partial charge in [-0.1, -0.05) is 0 Å². The zero-order chi connectivity index (χ0) is 11.4. The first-order chi connectivity index (χ1) is 6.27. The van der Waals surface area contributed by atoms with Gasteiger partial charge in [-0.2, -0.15) is 8.78 Å². The smallest absolute Gasteiger partial charge is 0.330 e. The Kier molecular flexibility index (Phi) is 4.82. The van der Waals surface area contributed by atoms with Gasteiger partial charge in [0.25, 0.3) is 0 Å². The minimum absolute atomic E-state index is 0.516. The SMILES string of the molecule is CC(COCC(F)(F)C(F)F)C(=O)O. The van der Waals surface area contributed by atoms with Gasteiger partial charge in [-0.25, -0.2) is 8.78 Å². The van der Waals surface area contributed by atoms with Crippen LogP contribution in [0.4, 0.5) is 17.6 Å². The minimum Gasteiger partial charge on any atom is -0.481 e. The molecule has 3 nitrogen and oxygen atoms in total. The van der Waals surface area contributed by atoms with E-state index in [1.165, 1.54) is 6.92 Å². The average molecular weight is 218 g/mol. The van der Waals surface area contributed by atoms with Gasteiger partial charge in [0.2, 0.25) is 0 Å². The molecular weight excluding hydrogens is 208 g/mol. The zero-order valence-corrected chi connectivity index (χ0v) is 7.34. The molecular formula is C7H10F4O3. The first-order valence-corrected chi connectivity index (χ1v) is 3.74. The molecule has 0 aromatic rings. The molecule has 0 bridgehead atoms. The summed E-state index contributed by atoms with van der Waals surface area (Å²) in [5.41, 5.74) is 0. The number of aliphatic carboxylic acids is 1. The monoisotopic (exact) mass is 218 g/mol. The second-order valence-corrected chi connectivity index (χ2v) is 2.82. The van der Waals surface area contributed by atoms with Crippen molar-refractivity contribution in [3.63, 3.8) is 0 Å². The average Bonchev–Trinajstić information content (AvgIpc) is 2.03. The van der Waals surface area contributed by atoms with Crippen molar-refractivity contribution < 1.29 is 32.2 Å². The van der Waals surface area contributed by atoms with Crippen LogP contribution < -0.4 is 0 Å². The van der Waals surface area contributed by atoms with Gasteiger partial charge >= 0.3 is 18.3 Å². The summed E-state index contributed by atoms with van der Waals surface area (Å²) in [7, 11) is 0. The lowest BCUT2D eigenvalue weighted by Crippen LogP contribution is -2.33. The highest BCUT2D eigenvalue weighted by atomic mass is 19.3. The molecule has 0 radical (unpaired) electrons. The summed E-state index contributed by atoms with van der Waals surface area (Å²) in [6.07, 6.45) is -3.80. The normalized spacial score (nSPS) is 14.4. The molecule has 0 aliphatic carbocycles. The maximum atomic E-state index is 12.2. The van der Waals surface area contributed by atoms with Crippen LogP contribution in [-0.2, 0) is 9.53 Å². The fourth-order valence-electron chi connectivity index (χ4n) is 0.506. The molecule has 0 fully saturated rings. The summed E-state index contributed by atoms with van der Waals surface area (Å²) < 4.78 is 51.6. The molecule has 0 heterocycles. The van der Waals surface area contributed by atoms with Crippen LogP contribution in [0.2, 0.25) is 0 Å². The molecule has 0 aromatic carbocycles. The molecule has 0 saturated carbocycles. The number of carbonyl (C=O) groups is 1. The number of ether oxygens (including phenoxy) is 1. The predicted molar refractivity (Wildman–Crippen MR) is 38.6 cm³/mol. The van der Waals surface area contributed by atoms with E-state index < -0.39 is 37.4 Å². The van der Waals surface area contributed by atoms with Gasteiger partial charge in [0.05, 0.1) is 12.5 Å². The first-order valence-electron chi connectivity index (χ1n) is 3.74. The standard InChI is InChI=1S/C7H10F4O3/c1-4(5(12)13)2-14-3-7(10,11)6(8)9/h4,6H,2-3H2,1H3,(H,12,13). The lowest BCUT2D eigenvalue weighted by atomic mass is 10.2. The molecule has 0 spiro atoms. The van der Waals surface area contributed by atoms with E-state index in [1.807, 2.05) is 0 Å². The lowest BCUT2D eigenvalue weighted by molar-refractivity contribution is -0.171. The Labute approximate surface area is 77.7 Å². The van der Waals surface area contributed by atoms with Crippen LogP contribution in [0.25, 0.3) is 0 Å². The maximum Gasteiger partial charge on any atom is 0.330 e. The fourth-order valence-corrected chi connectivity index (χ4v) is 0.506. The highest BCUT2D eigenvalue weighted by molar-refractivity contribution is 5.69. The van der Waals surface area contributed by atoms with Crippen molar-refractivity contribution in [2.24, 2.45) is 5.92 Å². The van der Waals surface area contributed by atoms with E-state index >= 15 is 0 Å². The van der Waals surface area contributed by atoms with E-state index in [0.29, 0.717) is 0 Å². The van der Waals surface area contributed by atoms with Gasteiger partial charge in [-0.15, -0.1) is 0 Å². The van der Waals surface area contributed by atoms with Gasteiger partial charge in [0, 0.05) is 0 Å². The van der Waals surface area contributed by atoms with Crippen molar-refractivity contribution in [2.75, 3.05) is 13.2 Å². The molecule has 0 aromatic heterocycles. The van der Waals surface area contributed by atoms with Gasteiger partial charge in [-0.05, 0) is 6.92 Å². The Hall–Kier alpha value is -0.850. The number of halogens is 4. The Balaban J connectivity index is 3.79. The third kappa shape index (κ3) is 4.40. The first kappa shape index (κ1) is 13.2. The summed E-state index contributed by atoms with van der Waals surface area (Å²) in [5, 5.41) is 8.30. The van der Waals surface area contributed by atoms with Crippen molar-refractivity contribution in [1.82, 2.24) is 0 Å². The maximum absolute atomic E-state index is 12.2. The number of hydrogen-bond acceptors (Lipinski definition) is 2. The van der Waals surface area contributed by atoms with Crippen molar-refractivity contribution in [1.29, 1.82) is 0 Å². The van der Waals surface area contributed by atoms with Crippen LogP contribution in [0.5, 0.6) is 0 Å². The van der Waals surface area contributed by atoms with Crippen LogP contribution in [0.1, 0.15) is 6.92 Å². The Morgan fingerprint density at radius 2 is 2.00 bits per heavy atom. The molecule has 0 saturated heterocycles. The number of rotatable bonds is 6. The summed E-state index contributed by atoms with van der Waals surface area (Å²) >= 11 is 0. The Morgan fingerprint density at radius 3 is 2.36 bits per heavy atom. The molecule has 7 heteroatoms. The van der Waals surface area contributed by atoms with Crippen molar-refractivity contribution in [3.05, 3.63) is 0 Å². The molecule has 0 amide bonds. The van der Waals surface area contributed by atoms with Crippen molar-refractivity contribution in [3.8, 4) is 0 Å². The van der Waals surface area contributed by atoms with E-state index in [-0.39, 0.29) is 0 Å². The number of carboxylic acids is 1. The lowest BCUT2D eigenvalue weighted by Gasteiger charge is -2.15. The largest absolute Gasteiger partial charge is 0.481 e. The van der Waals surface area contributed by atoms with E-state index in [4.69, 9.17) is 5.11 Å². The Morgan fingerprint density at radius 1 is 1.50 bits per heavy atom. The van der Waals surface area contributed by atoms with E-state index in [1.54, 1.807) is 0 Å². The molecule has 0 aliphatic rings. The van der Waals surface area contributed by atoms with Crippen LogP contribution in [0, 0.1) is 5.92 Å². The molecule has 84 valence electrons. The minimum atomic E-state index is -4.22. The fraction of sp³-hybridized carbons (Fsp3) is 0.857. The Bertz CT molecular complexity index is 195. The molecule has 14 heavy (non-hydrogen) atoms. The van der Waals surface area contributed by atoms with Gasteiger partial charge in [0.15, 0.2) is 0 Å². The number of alkyl halides is 4. The number of carboxylic acid groups (broad SMARTS) is 1. The third-order valence-corrected chi connectivity index (χ3v) is 1.40. The predicted octanol–water partition coefficient (Wildman–Crippen LogP) is 1.62. The van der Waals surface area contributed by atoms with Crippen molar-refractivity contribution >= 4 is 5.97 Å². The van der Waals surface area contributed by atoms with E-state index in [0.717, 1.165) is 0 Å². The van der Waals surface area contributed by atoms with E-state index in [2.05, 4.69) is 4.74 Å². The topological polar surface area (TPSA) is 46.5 Å². The van der Waals surface area contributed by atoms with E-state index in [9.17, 15) is 22.4 Å². The van der Waals surface area contributed by atoms with Crippen LogP contribution in [0.3, 0.4) is 0 Å². The second-order valence-electron chi connectivity index (χ2n) is 2.82. The number of hydrogen-bond donors (Lipinski definition) is 1. The molecule has 0 rings (SSSR count). The van der Waals surface area contributed by atoms with Crippen LogP contribution >= 0.6 is 0 Å². The van der Waals surface area contributed by atoms with Gasteiger partial charge in [0.1, 0.15) is 6.61 Å². The summed E-state index contributed by atoms with van der Waals surface area (Å²) in [6, 6.07) is 0. The molecule has 0 aliphatic heterocycles. The second kappa shape index (κ2) is 5.14. The zero-order valence-electron chi connectivity index (χ0n) is 7.34. The van der Waals surface area contributed by atoms with Crippen LogP contribution in [0.15, 0.2) is 0 Å². The molecule has 1 N–H and O–H groups in total. The third-order valence-electron chi connectivity index (χ3n) is 1.40. The molecule has 1 atom stereocenters. The van der Waals surface area contributed by atoms with Gasteiger partial charge in [-0.3, -0.25) is 4.79 Å². The van der Waals surface area contributed by atoms with Crippen LogP contribution in [-0.4, -0.2) is 36.6 Å². The van der Waals surface area contributed by atoms with Crippen molar-refractivity contribution in [2.45, 2.75) is 19.3 Å². The summed E-state index contributed by atoms with van der Waals surface area (Å²) in [6.45, 7) is -0.761. The highest BCUT2D eigenvalue weighted by Gasteiger charge is 2.41. The molecule has 1 unspecified atom stereocenters. The summed E-state index contributed by atoms with van der Waals surface area (Å²) in [4.78, 5) is 10.2. The summed E-state index contributed by atoms with van der Waals surface area (Å²) in [5.74, 6) is -6.45. The highest BCUT2D eigenvalue weighted by Crippen LogP contribution is 2.22.